The maximum absolute atomic E-state index is 3.05. The molecule has 0 amide bonds. The molecule has 0 radical (unpaired) electrons. The SMILES string of the molecule is CCCC12c3cc4c(cc3C(P3CP3C35c6cc7c(cc6C(CCC)(c6cc8c(cc63)C(C)(C)CCC8(C)C)c3cc6c(cc35)C(C)(C)CCC6(C)C)C(C)(C)CCC7(C)C)(c3cc5c(cc31)C(C)(C)CCC5(C)C)c1cc3c(cc12)C(C)(C)CCC3(C)C)C(C)(C)CCC4(C)C. The van der Waals surface area contributed by atoms with Crippen LogP contribution in [0.15, 0.2) is 72.8 Å². The Morgan fingerprint density at radius 1 is 0.196 bits per heavy atom. The van der Waals surface area contributed by atoms with Crippen molar-refractivity contribution in [3.8, 4) is 0 Å². The van der Waals surface area contributed by atoms with Gasteiger partial charge >= 0.3 is 0 Å². The molecule has 514 valence electrons. The summed E-state index contributed by atoms with van der Waals surface area (Å²) < 4.78 is 0. The van der Waals surface area contributed by atoms with Gasteiger partial charge in [0.25, 0.3) is 0 Å². The summed E-state index contributed by atoms with van der Waals surface area (Å²) >= 11 is 0. The zero-order valence-corrected chi connectivity index (χ0v) is 67.6. The Kier molecular flexibility index (Phi) is 13.2. The molecule has 2 unspecified atom stereocenters. The zero-order valence-electron chi connectivity index (χ0n) is 65.8. The molecular weight excluding hydrogens is 1200 g/mol. The van der Waals surface area contributed by atoms with Gasteiger partial charge in [-0.1, -0.05) is 281 Å². The van der Waals surface area contributed by atoms with Crippen molar-refractivity contribution in [2.75, 3.05) is 5.90 Å². The maximum atomic E-state index is 3.05. The van der Waals surface area contributed by atoms with Gasteiger partial charge in [0, 0.05) is 10.8 Å². The molecule has 1 fully saturated rings. The summed E-state index contributed by atoms with van der Waals surface area (Å²) in [6.07, 6.45) is 19.2. The Hall–Kier alpha value is -3.82. The zero-order chi connectivity index (χ0) is 69.5. The Morgan fingerprint density at radius 2 is 0.320 bits per heavy atom. The van der Waals surface area contributed by atoms with Gasteiger partial charge in [0.15, 0.2) is 0 Å². The van der Waals surface area contributed by atoms with E-state index in [0.717, 1.165) is 25.7 Å². The van der Waals surface area contributed by atoms with Crippen molar-refractivity contribution >= 4 is 15.2 Å². The standard InChI is InChI=1S/C95H124P2/c1-27-29-92-68-43-56-62(86(15,16)37-31-80(56,3)4)49-74(68)94(75-50-63-57(44-69(75)92)81(5,6)32-38-87(63,17)18,76-51-64-58(45-70(76)92)82(7,8)33-39-88(64,19)20)96-55-97(96)95-77-52-65-59(83(9,10)34-40-89(65,21)22)46-71(77)93(30-28-2,72-47-60-66(53-78(72)95)90(23,24)41-35-84(60,11)12)73-48-61-67(54-79(73)95)91(25,26)42-36-85(61,13)14/h43-54H,27-42,55H2,1-26H3. The van der Waals surface area contributed by atoms with Crippen LogP contribution in [0.5, 0.6) is 0 Å². The monoisotopic (exact) mass is 1330 g/mol. The molecule has 0 aromatic heterocycles. The lowest BCUT2D eigenvalue weighted by Crippen LogP contribution is -2.52. The Balaban J connectivity index is 1.10. The van der Waals surface area contributed by atoms with Crippen LogP contribution < -0.4 is 0 Å². The van der Waals surface area contributed by atoms with Crippen LogP contribution in [0.1, 0.15) is 416 Å². The molecule has 0 nitrogen and oxygen atoms in total. The molecule has 0 N–H and O–H groups in total. The smallest absolute Gasteiger partial charge is 0.0653 e. The minimum atomic E-state index is -0.821. The van der Waals surface area contributed by atoms with Crippen LogP contribution in [0, 0.1) is 0 Å². The van der Waals surface area contributed by atoms with Gasteiger partial charge in [-0.25, -0.2) is 0 Å². The molecule has 0 saturated carbocycles. The predicted octanol–water partition coefficient (Wildman–Crippen LogP) is 26.4. The van der Waals surface area contributed by atoms with Crippen molar-refractivity contribution in [1.82, 2.24) is 0 Å². The van der Waals surface area contributed by atoms with Crippen molar-refractivity contribution in [2.45, 2.75) is 369 Å². The van der Waals surface area contributed by atoms with Gasteiger partial charge in [0.2, 0.25) is 0 Å². The van der Waals surface area contributed by atoms with E-state index < -0.39 is 15.2 Å². The highest BCUT2D eigenvalue weighted by Crippen LogP contribution is 3.06. The highest BCUT2D eigenvalue weighted by atomic mass is 32.1. The molecule has 1 heterocycles. The van der Waals surface area contributed by atoms with Gasteiger partial charge < -0.3 is 0 Å². The highest BCUT2D eigenvalue weighted by molar-refractivity contribution is 8.46. The third-order valence-electron chi connectivity index (χ3n) is 31.5. The molecule has 0 spiro atoms. The first-order valence-electron chi connectivity index (χ1n) is 39.6. The molecule has 4 bridgehead atoms. The van der Waals surface area contributed by atoms with Gasteiger partial charge in [-0.3, -0.25) is 0 Å². The van der Waals surface area contributed by atoms with Gasteiger partial charge in [-0.15, -0.1) is 0 Å². The fourth-order valence-electron chi connectivity index (χ4n) is 24.4. The van der Waals surface area contributed by atoms with Crippen LogP contribution in [0.2, 0.25) is 0 Å². The summed E-state index contributed by atoms with van der Waals surface area (Å²) in [6, 6.07) is 36.2. The third-order valence-corrected chi connectivity index (χ3v) is 40.1. The van der Waals surface area contributed by atoms with Crippen molar-refractivity contribution in [1.29, 1.82) is 0 Å². The van der Waals surface area contributed by atoms with Crippen molar-refractivity contribution < 1.29 is 0 Å². The molecule has 19 rings (SSSR count). The fraction of sp³-hybridized carbons (Fsp3) is 0.621. The summed E-state index contributed by atoms with van der Waals surface area (Å²) in [4.78, 5) is 0. The fourth-order valence-corrected chi connectivity index (χ4v) is 35.6. The van der Waals surface area contributed by atoms with Crippen LogP contribution in [0.25, 0.3) is 0 Å². The lowest BCUT2D eigenvalue weighted by atomic mass is 9.47. The van der Waals surface area contributed by atoms with Crippen molar-refractivity contribution in [3.05, 3.63) is 206 Å². The Bertz CT molecular complexity index is 3790. The molecule has 6 aromatic rings. The summed E-state index contributed by atoms with van der Waals surface area (Å²) in [5.41, 5.74) is 40.8. The average molecular weight is 1330 g/mol. The van der Waals surface area contributed by atoms with Gasteiger partial charge in [0.1, 0.15) is 0 Å². The van der Waals surface area contributed by atoms with Gasteiger partial charge in [-0.2, -0.15) is 0 Å². The normalized spacial score (nSPS) is 32.0. The first-order chi connectivity index (χ1) is 44.8. The predicted molar refractivity (Wildman–Crippen MR) is 418 cm³/mol. The molecular formula is C95H124P2. The van der Waals surface area contributed by atoms with E-state index in [4.69, 9.17) is 0 Å². The average Bonchev–Trinajstić information content (AvgIpc) is 1.60. The molecule has 6 aromatic carbocycles. The minimum absolute atomic E-state index is 0.0521. The number of fused-ring (bicyclic) bond motifs is 6. The van der Waals surface area contributed by atoms with E-state index in [1.165, 1.54) is 83.0 Å². The van der Waals surface area contributed by atoms with Crippen LogP contribution >= 0.6 is 15.2 Å². The molecule has 1 saturated heterocycles. The summed E-state index contributed by atoms with van der Waals surface area (Å²) in [5, 5.41) is -0.679. The summed E-state index contributed by atoms with van der Waals surface area (Å²) in [7, 11) is -1.64. The minimum Gasteiger partial charge on any atom is -0.0653 e. The quantitative estimate of drug-likeness (QED) is 0.146. The van der Waals surface area contributed by atoms with E-state index in [2.05, 4.69) is 253 Å². The van der Waals surface area contributed by atoms with E-state index in [0.29, 0.717) is 0 Å². The second-order valence-corrected chi connectivity index (χ2v) is 49.9. The Labute approximate surface area is 592 Å². The van der Waals surface area contributed by atoms with Crippen molar-refractivity contribution in [3.63, 3.8) is 0 Å². The van der Waals surface area contributed by atoms with Crippen LogP contribution in [0.3, 0.4) is 0 Å². The highest BCUT2D eigenvalue weighted by Gasteiger charge is 2.74. The lowest BCUT2D eigenvalue weighted by Gasteiger charge is -2.62. The number of benzene rings is 6. The second kappa shape index (κ2) is 19.3. The van der Waals surface area contributed by atoms with E-state index in [1.54, 1.807) is 134 Å². The van der Waals surface area contributed by atoms with E-state index >= 15 is 0 Å². The number of hydrogen-bond acceptors (Lipinski definition) is 0. The molecule has 2 heteroatoms. The lowest BCUT2D eigenvalue weighted by molar-refractivity contribution is 0.324. The largest absolute Gasteiger partial charge is 0.0702 e. The van der Waals surface area contributed by atoms with Gasteiger partial charge in [0.05, 0.1) is 10.3 Å². The topological polar surface area (TPSA) is 0 Å². The summed E-state index contributed by atoms with van der Waals surface area (Å²) in [5.74, 6) is 1.30. The van der Waals surface area contributed by atoms with Crippen molar-refractivity contribution in [2.24, 2.45) is 0 Å². The molecule has 97 heavy (non-hydrogen) atoms. The number of rotatable bonds is 6. The Morgan fingerprint density at radius 3 is 0.443 bits per heavy atom. The van der Waals surface area contributed by atoms with Crippen LogP contribution in [0.4, 0.5) is 0 Å². The molecule has 2 atom stereocenters. The van der Waals surface area contributed by atoms with Crippen LogP contribution in [-0.2, 0) is 86.1 Å². The third kappa shape index (κ3) is 8.10. The van der Waals surface area contributed by atoms with E-state index in [-0.39, 0.29) is 86.1 Å². The second-order valence-electron chi connectivity index (χ2n) is 42.9. The van der Waals surface area contributed by atoms with Gasteiger partial charge in [-0.05, 0) is 294 Å². The first-order valence-corrected chi connectivity index (χ1v) is 43.3. The summed E-state index contributed by atoms with van der Waals surface area (Å²) in [6.45, 7) is 68.4. The van der Waals surface area contributed by atoms with E-state index in [1.807, 2.05) is 0 Å². The maximum Gasteiger partial charge on any atom is 0.0702 e. The van der Waals surface area contributed by atoms with E-state index in [9.17, 15) is 0 Å². The molecule has 12 aliphatic carbocycles. The van der Waals surface area contributed by atoms with Crippen LogP contribution in [-0.4, -0.2) is 5.90 Å². The molecule has 13 aliphatic rings. The number of hydrogen-bond donors (Lipinski definition) is 0. The molecule has 1 aliphatic heterocycles. The first kappa shape index (κ1) is 66.4.